The second kappa shape index (κ2) is 4.85. The monoisotopic (exact) mass is 256 g/mol. The molecule has 2 rings (SSSR count). The van der Waals surface area contributed by atoms with Crippen LogP contribution in [0, 0.1) is 10.1 Å². The summed E-state index contributed by atoms with van der Waals surface area (Å²) < 4.78 is 0. The van der Waals surface area contributed by atoms with Gasteiger partial charge in [0.15, 0.2) is 0 Å². The summed E-state index contributed by atoms with van der Waals surface area (Å²) in [7, 11) is 0. The molecule has 0 aromatic carbocycles. The second-order valence-electron chi connectivity index (χ2n) is 4.10. The summed E-state index contributed by atoms with van der Waals surface area (Å²) in [5, 5.41) is 10.9. The lowest BCUT2D eigenvalue weighted by atomic mass is 10.1. The van der Waals surface area contributed by atoms with E-state index in [0.717, 1.165) is 19.4 Å². The molecule has 2 N–H and O–H groups in total. The summed E-state index contributed by atoms with van der Waals surface area (Å²) in [6.07, 6.45) is 3.19. The molecule has 0 saturated carbocycles. The fourth-order valence-corrected chi connectivity index (χ4v) is 2.24. The van der Waals surface area contributed by atoms with E-state index in [4.69, 9.17) is 17.3 Å². The van der Waals surface area contributed by atoms with E-state index in [0.29, 0.717) is 17.4 Å². The molecule has 6 nitrogen and oxygen atoms in total. The van der Waals surface area contributed by atoms with E-state index in [2.05, 4.69) is 4.98 Å². The van der Waals surface area contributed by atoms with Gasteiger partial charge in [-0.15, -0.1) is 0 Å². The van der Waals surface area contributed by atoms with Gasteiger partial charge in [-0.25, -0.2) is 4.98 Å². The van der Waals surface area contributed by atoms with Crippen molar-refractivity contribution in [2.45, 2.75) is 18.9 Å². The lowest BCUT2D eigenvalue weighted by Crippen LogP contribution is -2.43. The van der Waals surface area contributed by atoms with Crippen LogP contribution in [0.2, 0.25) is 5.02 Å². The van der Waals surface area contributed by atoms with Crippen LogP contribution in [0.1, 0.15) is 12.8 Å². The van der Waals surface area contributed by atoms with Crippen molar-refractivity contribution in [1.29, 1.82) is 0 Å². The average molecular weight is 257 g/mol. The normalized spacial score (nSPS) is 20.4. The van der Waals surface area contributed by atoms with E-state index in [-0.39, 0.29) is 11.7 Å². The van der Waals surface area contributed by atoms with Crippen LogP contribution in [0.5, 0.6) is 0 Å². The zero-order chi connectivity index (χ0) is 12.4. The number of nitrogens with zero attached hydrogens (tertiary/aromatic N) is 3. The number of aromatic nitrogens is 1. The van der Waals surface area contributed by atoms with Crippen molar-refractivity contribution in [3.63, 3.8) is 0 Å². The van der Waals surface area contributed by atoms with Gasteiger partial charge in [0.05, 0.1) is 9.95 Å². The molecule has 1 fully saturated rings. The van der Waals surface area contributed by atoms with Crippen LogP contribution < -0.4 is 10.6 Å². The van der Waals surface area contributed by atoms with Gasteiger partial charge < -0.3 is 10.6 Å². The van der Waals surface area contributed by atoms with Gasteiger partial charge in [0.1, 0.15) is 12.0 Å². The Bertz CT molecular complexity index is 440. The molecule has 1 aromatic rings. The van der Waals surface area contributed by atoms with Gasteiger partial charge in [-0.3, -0.25) is 10.1 Å². The molecule has 2 heterocycles. The van der Waals surface area contributed by atoms with Crippen molar-refractivity contribution >= 4 is 23.1 Å². The Hall–Kier alpha value is -1.40. The number of hydrogen-bond acceptors (Lipinski definition) is 5. The van der Waals surface area contributed by atoms with Crippen LogP contribution in [0.25, 0.3) is 0 Å². The molecule has 1 atom stereocenters. The maximum Gasteiger partial charge on any atom is 0.289 e. The maximum absolute atomic E-state index is 10.6. The van der Waals surface area contributed by atoms with Crippen LogP contribution in [0.15, 0.2) is 12.3 Å². The molecule has 0 aliphatic carbocycles. The summed E-state index contributed by atoms with van der Waals surface area (Å²) in [5.41, 5.74) is 5.77. The van der Waals surface area contributed by atoms with Crippen molar-refractivity contribution in [2.24, 2.45) is 5.73 Å². The highest BCUT2D eigenvalue weighted by Crippen LogP contribution is 2.28. The number of anilines is 1. The van der Waals surface area contributed by atoms with Crippen LogP contribution >= 0.6 is 11.6 Å². The number of hydrogen-bond donors (Lipinski definition) is 1. The first-order valence-corrected chi connectivity index (χ1v) is 5.76. The summed E-state index contributed by atoms with van der Waals surface area (Å²) in [5.74, 6) is 0.576. The molecular formula is C10H13ClN4O2. The van der Waals surface area contributed by atoms with Gasteiger partial charge in [-0.2, -0.15) is 0 Å². The van der Waals surface area contributed by atoms with Gasteiger partial charge in [0.2, 0.25) is 0 Å². The third-order valence-electron chi connectivity index (χ3n) is 2.78. The van der Waals surface area contributed by atoms with Gasteiger partial charge >= 0.3 is 0 Å². The number of rotatable bonds is 2. The summed E-state index contributed by atoms with van der Waals surface area (Å²) in [6.45, 7) is 1.52. The Morgan fingerprint density at radius 1 is 1.65 bits per heavy atom. The largest absolute Gasteiger partial charge is 0.354 e. The molecule has 1 aromatic heterocycles. The third kappa shape index (κ3) is 2.65. The summed E-state index contributed by atoms with van der Waals surface area (Å²) in [6, 6.07) is 1.43. The number of pyridine rings is 1. The molecular weight excluding hydrogens is 244 g/mol. The van der Waals surface area contributed by atoms with Gasteiger partial charge in [0.25, 0.3) is 5.69 Å². The quantitative estimate of drug-likeness (QED) is 0.641. The minimum atomic E-state index is -0.509. The molecule has 0 spiro atoms. The molecule has 1 aliphatic heterocycles. The molecule has 0 unspecified atom stereocenters. The molecule has 0 bridgehead atoms. The first-order valence-electron chi connectivity index (χ1n) is 5.38. The van der Waals surface area contributed by atoms with Crippen molar-refractivity contribution < 1.29 is 4.92 Å². The standard InChI is InChI=1S/C10H13ClN4O2/c11-9-4-8(15(16)17)5-13-10(9)14-3-1-2-7(12)6-14/h4-5,7H,1-3,6,12H2/t7-/m1/s1. The summed E-state index contributed by atoms with van der Waals surface area (Å²) >= 11 is 6.01. The Kier molecular flexibility index (Phi) is 3.44. The van der Waals surface area contributed by atoms with Crippen molar-refractivity contribution in [2.75, 3.05) is 18.0 Å². The predicted molar refractivity (Wildman–Crippen MR) is 65.3 cm³/mol. The topological polar surface area (TPSA) is 85.3 Å². The van der Waals surface area contributed by atoms with Gasteiger partial charge in [-0.05, 0) is 12.8 Å². The zero-order valence-electron chi connectivity index (χ0n) is 9.17. The van der Waals surface area contributed by atoms with Gasteiger partial charge in [-0.1, -0.05) is 11.6 Å². The Balaban J connectivity index is 2.23. The SMILES string of the molecule is N[C@@H]1CCCN(c2ncc([N+](=O)[O-])cc2Cl)C1. The molecule has 1 saturated heterocycles. The van der Waals surface area contributed by atoms with E-state index >= 15 is 0 Å². The van der Waals surface area contributed by atoms with E-state index in [1.54, 1.807) is 0 Å². The first-order chi connectivity index (χ1) is 8.08. The highest BCUT2D eigenvalue weighted by molar-refractivity contribution is 6.33. The zero-order valence-corrected chi connectivity index (χ0v) is 9.93. The van der Waals surface area contributed by atoms with Crippen LogP contribution in [-0.4, -0.2) is 29.0 Å². The lowest BCUT2D eigenvalue weighted by Gasteiger charge is -2.31. The fraction of sp³-hybridized carbons (Fsp3) is 0.500. The molecule has 7 heteroatoms. The van der Waals surface area contributed by atoms with Gasteiger partial charge in [0, 0.05) is 25.2 Å². The van der Waals surface area contributed by atoms with E-state index in [1.807, 2.05) is 4.90 Å². The van der Waals surface area contributed by atoms with Crippen LogP contribution in [0.3, 0.4) is 0 Å². The Morgan fingerprint density at radius 2 is 2.41 bits per heavy atom. The fourth-order valence-electron chi connectivity index (χ4n) is 1.96. The average Bonchev–Trinajstić information content (AvgIpc) is 2.28. The first kappa shape index (κ1) is 12.1. The van der Waals surface area contributed by atoms with E-state index in [9.17, 15) is 10.1 Å². The van der Waals surface area contributed by atoms with Crippen molar-refractivity contribution in [1.82, 2.24) is 4.98 Å². The third-order valence-corrected chi connectivity index (χ3v) is 3.05. The Morgan fingerprint density at radius 3 is 3.00 bits per heavy atom. The number of nitro groups is 1. The minimum Gasteiger partial charge on any atom is -0.354 e. The number of halogens is 1. The molecule has 1 aliphatic rings. The minimum absolute atomic E-state index is 0.0972. The van der Waals surface area contributed by atoms with Crippen molar-refractivity contribution in [3.8, 4) is 0 Å². The number of piperidine rings is 1. The predicted octanol–water partition coefficient (Wildman–Crippen LogP) is 1.57. The van der Waals surface area contributed by atoms with E-state index < -0.39 is 4.92 Å². The van der Waals surface area contributed by atoms with Crippen LogP contribution in [0.4, 0.5) is 11.5 Å². The summed E-state index contributed by atoms with van der Waals surface area (Å²) in [4.78, 5) is 16.1. The van der Waals surface area contributed by atoms with Crippen molar-refractivity contribution in [3.05, 3.63) is 27.4 Å². The highest BCUT2D eigenvalue weighted by Gasteiger charge is 2.21. The van der Waals surface area contributed by atoms with E-state index in [1.165, 1.54) is 12.3 Å². The molecule has 0 amide bonds. The Labute approximate surface area is 104 Å². The highest BCUT2D eigenvalue weighted by atomic mass is 35.5. The number of nitrogens with two attached hydrogens (primary N) is 1. The molecule has 0 radical (unpaired) electrons. The molecule has 17 heavy (non-hydrogen) atoms. The second-order valence-corrected chi connectivity index (χ2v) is 4.51. The molecule has 92 valence electrons. The smallest absolute Gasteiger partial charge is 0.289 e. The maximum atomic E-state index is 10.6. The lowest BCUT2D eigenvalue weighted by molar-refractivity contribution is -0.385. The van der Waals surface area contributed by atoms with Crippen LogP contribution in [-0.2, 0) is 0 Å².